The molecule has 0 bridgehead atoms. The Kier molecular flexibility index (Phi) is 4.81. The van der Waals surface area contributed by atoms with Gasteiger partial charge in [0.2, 0.25) is 0 Å². The van der Waals surface area contributed by atoms with Crippen LogP contribution in [0.2, 0.25) is 0 Å². The van der Waals surface area contributed by atoms with Gasteiger partial charge in [-0.25, -0.2) is 0 Å². The van der Waals surface area contributed by atoms with Gasteiger partial charge in [-0.2, -0.15) is 0 Å². The van der Waals surface area contributed by atoms with Gasteiger partial charge in [-0.1, -0.05) is 66.7 Å². The van der Waals surface area contributed by atoms with Crippen LogP contribution in [0.1, 0.15) is 25.0 Å². The van der Waals surface area contributed by atoms with E-state index in [1.165, 1.54) is 0 Å². The van der Waals surface area contributed by atoms with Crippen LogP contribution in [0.5, 0.6) is 0 Å². The predicted octanol–water partition coefficient (Wildman–Crippen LogP) is 3.97. The van der Waals surface area contributed by atoms with Gasteiger partial charge >= 0.3 is 0 Å². The van der Waals surface area contributed by atoms with Crippen molar-refractivity contribution in [2.45, 2.75) is 63.1 Å². The number of benzene rings is 2. The van der Waals surface area contributed by atoms with Crippen LogP contribution in [-0.4, -0.2) is 36.0 Å². The summed E-state index contributed by atoms with van der Waals surface area (Å²) < 4.78 is 31.2. The summed E-state index contributed by atoms with van der Waals surface area (Å²) in [6.07, 6.45) is 2.72. The highest BCUT2D eigenvalue weighted by molar-refractivity contribution is 5.28. The summed E-state index contributed by atoms with van der Waals surface area (Å²) in [6.45, 7) is 4.77. The molecule has 0 saturated carbocycles. The molecule has 0 amide bonds. The summed E-state index contributed by atoms with van der Waals surface area (Å²) in [5.41, 5.74) is 1.48. The normalized spacial score (nSPS) is 34.3. The molecule has 0 radical (unpaired) electrons. The molecular weight excluding hydrogens is 368 g/mol. The summed E-state index contributed by atoms with van der Waals surface area (Å²) in [4.78, 5) is 0. The van der Waals surface area contributed by atoms with Crippen LogP contribution < -0.4 is 0 Å². The van der Waals surface area contributed by atoms with Crippen LogP contribution in [0.15, 0.2) is 72.8 Å². The largest absolute Gasteiger partial charge is 0.367 e. The van der Waals surface area contributed by atoms with E-state index in [1.54, 1.807) is 0 Å². The van der Waals surface area contributed by atoms with E-state index in [-0.39, 0.29) is 18.3 Å². The van der Waals surface area contributed by atoms with Crippen LogP contribution in [0, 0.1) is 0 Å². The van der Waals surface area contributed by atoms with E-state index in [4.69, 9.17) is 23.7 Å². The van der Waals surface area contributed by atoms with Crippen molar-refractivity contribution >= 4 is 0 Å². The van der Waals surface area contributed by atoms with Crippen molar-refractivity contribution in [3.8, 4) is 0 Å². The number of hydrogen-bond acceptors (Lipinski definition) is 5. The van der Waals surface area contributed by atoms with Crippen molar-refractivity contribution in [3.63, 3.8) is 0 Å². The molecule has 2 saturated heterocycles. The lowest BCUT2D eigenvalue weighted by Crippen LogP contribution is -2.50. The third-order valence-electron chi connectivity index (χ3n) is 5.69. The molecule has 0 N–H and O–H groups in total. The Morgan fingerprint density at radius 3 is 2.17 bits per heavy atom. The summed E-state index contributed by atoms with van der Waals surface area (Å²) in [5, 5.41) is 0. The fourth-order valence-corrected chi connectivity index (χ4v) is 4.32. The van der Waals surface area contributed by atoms with E-state index in [0.29, 0.717) is 13.2 Å². The quantitative estimate of drug-likeness (QED) is 0.694. The lowest BCUT2D eigenvalue weighted by molar-refractivity contribution is -0.239. The Bertz CT molecular complexity index is 865. The molecule has 2 fully saturated rings. The molecule has 2 heterocycles. The van der Waals surface area contributed by atoms with Gasteiger partial charge in [-0.05, 0) is 31.1 Å². The minimum Gasteiger partial charge on any atom is -0.367 e. The van der Waals surface area contributed by atoms with Gasteiger partial charge in [0.05, 0.1) is 13.2 Å². The molecule has 3 aliphatic rings. The Labute approximate surface area is 171 Å². The number of hydrogen-bond donors (Lipinski definition) is 0. The Morgan fingerprint density at radius 2 is 1.48 bits per heavy atom. The van der Waals surface area contributed by atoms with Crippen molar-refractivity contribution in [2.75, 3.05) is 0 Å². The molecule has 2 aromatic carbocycles. The molecule has 1 aliphatic carbocycles. The molecule has 2 aromatic rings. The molecule has 2 aliphatic heterocycles. The van der Waals surface area contributed by atoms with Gasteiger partial charge in [-0.15, -0.1) is 0 Å². The van der Waals surface area contributed by atoms with Gasteiger partial charge in [0, 0.05) is 0 Å². The molecule has 0 unspecified atom stereocenters. The van der Waals surface area contributed by atoms with Crippen LogP contribution in [0.25, 0.3) is 0 Å². The second-order valence-electron chi connectivity index (χ2n) is 8.23. The van der Waals surface area contributed by atoms with Crippen LogP contribution >= 0.6 is 0 Å². The first-order valence-corrected chi connectivity index (χ1v) is 10.1. The van der Waals surface area contributed by atoms with Crippen molar-refractivity contribution in [1.29, 1.82) is 0 Å². The third-order valence-corrected chi connectivity index (χ3v) is 5.69. The zero-order valence-corrected chi connectivity index (χ0v) is 16.7. The molecule has 0 spiro atoms. The highest BCUT2D eigenvalue weighted by Crippen LogP contribution is 2.50. The van der Waals surface area contributed by atoms with E-state index in [2.05, 4.69) is 24.3 Å². The maximum atomic E-state index is 6.49. The standard InChI is InChI=1S/C24H26O5/c1-23(2)28-21-22(29-23)27-20-19(25-15-17-9-5-3-6-10-17)13-14-24(20,21)26-16-18-11-7-4-8-12-18/h3-14,19-22H,15-16H2,1-2H3/t19-,20-,21+,22-,24-/m1/s1. The maximum absolute atomic E-state index is 6.49. The van der Waals surface area contributed by atoms with Gasteiger partial charge < -0.3 is 23.7 Å². The number of rotatable bonds is 6. The van der Waals surface area contributed by atoms with Crippen LogP contribution in [0.4, 0.5) is 0 Å². The first-order chi connectivity index (χ1) is 14.1. The SMILES string of the molecule is CC1(C)O[C@H]2O[C@@H]3[C@H](OCc4ccccc4)C=C[C@]3(OCc3ccccc3)[C@H]2O1. The summed E-state index contributed by atoms with van der Waals surface area (Å²) in [6, 6.07) is 20.2. The monoisotopic (exact) mass is 394 g/mol. The van der Waals surface area contributed by atoms with Gasteiger partial charge in [-0.3, -0.25) is 0 Å². The zero-order chi connectivity index (χ0) is 19.9. The second-order valence-corrected chi connectivity index (χ2v) is 8.23. The lowest BCUT2D eigenvalue weighted by Gasteiger charge is -2.34. The summed E-state index contributed by atoms with van der Waals surface area (Å²) in [5.74, 6) is -0.708. The first kappa shape index (κ1) is 19.0. The molecule has 5 rings (SSSR count). The highest BCUT2D eigenvalue weighted by Gasteiger charge is 2.67. The summed E-state index contributed by atoms with van der Waals surface area (Å²) >= 11 is 0. The average molecular weight is 394 g/mol. The van der Waals surface area contributed by atoms with Gasteiger partial charge in [0.1, 0.15) is 23.9 Å². The Hall–Kier alpha value is -2.02. The number of fused-ring (bicyclic) bond motifs is 3. The minimum atomic E-state index is -0.740. The lowest BCUT2D eigenvalue weighted by atomic mass is 9.94. The Morgan fingerprint density at radius 1 is 0.828 bits per heavy atom. The van der Waals surface area contributed by atoms with Crippen molar-refractivity contribution in [2.24, 2.45) is 0 Å². The van der Waals surface area contributed by atoms with E-state index >= 15 is 0 Å². The molecular formula is C24H26O5. The zero-order valence-electron chi connectivity index (χ0n) is 16.7. The van der Waals surface area contributed by atoms with Crippen molar-refractivity contribution < 1.29 is 23.7 Å². The Balaban J connectivity index is 1.35. The van der Waals surface area contributed by atoms with E-state index in [1.807, 2.05) is 62.4 Å². The van der Waals surface area contributed by atoms with Gasteiger partial charge in [0.15, 0.2) is 12.1 Å². The maximum Gasteiger partial charge on any atom is 0.191 e. The molecule has 5 atom stereocenters. The molecule has 29 heavy (non-hydrogen) atoms. The predicted molar refractivity (Wildman–Crippen MR) is 107 cm³/mol. The molecule has 5 heteroatoms. The van der Waals surface area contributed by atoms with Crippen LogP contribution in [0.3, 0.4) is 0 Å². The summed E-state index contributed by atoms with van der Waals surface area (Å²) in [7, 11) is 0. The molecule has 152 valence electrons. The van der Waals surface area contributed by atoms with E-state index in [0.717, 1.165) is 11.1 Å². The first-order valence-electron chi connectivity index (χ1n) is 10.1. The molecule has 5 nitrogen and oxygen atoms in total. The second kappa shape index (κ2) is 7.35. The van der Waals surface area contributed by atoms with Crippen LogP contribution in [-0.2, 0) is 36.9 Å². The molecule has 0 aromatic heterocycles. The van der Waals surface area contributed by atoms with E-state index < -0.39 is 17.7 Å². The minimum absolute atomic E-state index is 0.230. The smallest absolute Gasteiger partial charge is 0.191 e. The van der Waals surface area contributed by atoms with Crippen molar-refractivity contribution in [1.82, 2.24) is 0 Å². The fourth-order valence-electron chi connectivity index (χ4n) is 4.32. The van der Waals surface area contributed by atoms with E-state index in [9.17, 15) is 0 Å². The number of ether oxygens (including phenoxy) is 5. The van der Waals surface area contributed by atoms with Gasteiger partial charge in [0.25, 0.3) is 0 Å². The topological polar surface area (TPSA) is 46.2 Å². The highest BCUT2D eigenvalue weighted by atomic mass is 16.8. The van der Waals surface area contributed by atoms with Crippen molar-refractivity contribution in [3.05, 3.63) is 83.9 Å². The third kappa shape index (κ3) is 3.54. The fraction of sp³-hybridized carbons (Fsp3) is 0.417. The average Bonchev–Trinajstić information content (AvgIpc) is 3.32.